The fraction of sp³-hybridized carbons (Fsp3) is 0.400. The lowest BCUT2D eigenvalue weighted by molar-refractivity contribution is 0.552. The Balaban J connectivity index is 1.97. The van der Waals surface area contributed by atoms with Crippen LogP contribution in [0.3, 0.4) is 0 Å². The molecule has 0 amide bonds. The van der Waals surface area contributed by atoms with E-state index in [2.05, 4.69) is 24.3 Å². The average Bonchev–Trinajstić information content (AvgIpc) is 2.81. The number of rotatable bonds is 6. The minimum Gasteiger partial charge on any atom is -0.312 e. The summed E-state index contributed by atoms with van der Waals surface area (Å²) >= 11 is 6.05. The first-order chi connectivity index (χ1) is 9.54. The number of hydrogen-bond acceptors (Lipinski definition) is 2. The zero-order valence-electron chi connectivity index (χ0n) is 11.7. The number of nitrogens with one attached hydrogen (secondary N) is 1. The molecule has 0 saturated heterocycles. The highest BCUT2D eigenvalue weighted by atomic mass is 35.5. The van der Waals surface area contributed by atoms with Crippen LogP contribution < -0.4 is 5.32 Å². The standard InChI is InChI=1S/C15H19ClFN3/c1-11(2)6-18-7-12-8-19-20(9-12)10-13-5-14(17)3-4-15(13)16/h3-5,8-9,11,18H,6-7,10H2,1-2H3. The largest absolute Gasteiger partial charge is 0.312 e. The van der Waals surface area contributed by atoms with E-state index in [0.717, 1.165) is 24.2 Å². The van der Waals surface area contributed by atoms with Crippen molar-refractivity contribution in [1.29, 1.82) is 0 Å². The first kappa shape index (κ1) is 15.0. The molecule has 2 aromatic rings. The molecule has 108 valence electrons. The van der Waals surface area contributed by atoms with Crippen LogP contribution in [-0.2, 0) is 13.1 Å². The Bertz CT molecular complexity index is 566. The minimum atomic E-state index is -0.282. The van der Waals surface area contributed by atoms with Crippen LogP contribution in [0.1, 0.15) is 25.0 Å². The van der Waals surface area contributed by atoms with Gasteiger partial charge in [-0.3, -0.25) is 4.68 Å². The van der Waals surface area contributed by atoms with Gasteiger partial charge in [0.25, 0.3) is 0 Å². The molecule has 1 N–H and O–H groups in total. The molecule has 0 atom stereocenters. The predicted molar refractivity (Wildman–Crippen MR) is 79.3 cm³/mol. The summed E-state index contributed by atoms with van der Waals surface area (Å²) in [5, 5.41) is 8.19. The summed E-state index contributed by atoms with van der Waals surface area (Å²) in [6, 6.07) is 4.37. The SMILES string of the molecule is CC(C)CNCc1cnn(Cc2cc(F)ccc2Cl)c1. The van der Waals surface area contributed by atoms with Crippen LogP contribution >= 0.6 is 11.6 Å². The van der Waals surface area contributed by atoms with Crippen molar-refractivity contribution in [2.45, 2.75) is 26.9 Å². The van der Waals surface area contributed by atoms with E-state index >= 15 is 0 Å². The van der Waals surface area contributed by atoms with Gasteiger partial charge in [-0.15, -0.1) is 0 Å². The highest BCUT2D eigenvalue weighted by Crippen LogP contribution is 2.18. The van der Waals surface area contributed by atoms with E-state index in [1.54, 1.807) is 10.7 Å². The van der Waals surface area contributed by atoms with Crippen molar-refractivity contribution in [3.63, 3.8) is 0 Å². The van der Waals surface area contributed by atoms with Gasteiger partial charge in [-0.2, -0.15) is 5.10 Å². The molecule has 0 aliphatic carbocycles. The maximum absolute atomic E-state index is 13.2. The Kier molecular flexibility index (Phi) is 5.15. The van der Waals surface area contributed by atoms with Gasteiger partial charge in [0, 0.05) is 23.3 Å². The molecule has 2 rings (SSSR count). The van der Waals surface area contributed by atoms with E-state index < -0.39 is 0 Å². The lowest BCUT2D eigenvalue weighted by atomic mass is 10.2. The number of benzene rings is 1. The molecule has 0 aliphatic rings. The molecule has 0 radical (unpaired) electrons. The second-order valence-corrected chi connectivity index (χ2v) is 5.71. The van der Waals surface area contributed by atoms with Gasteiger partial charge in [0.2, 0.25) is 0 Å². The van der Waals surface area contributed by atoms with Crippen molar-refractivity contribution >= 4 is 11.6 Å². The van der Waals surface area contributed by atoms with Crippen molar-refractivity contribution in [3.8, 4) is 0 Å². The zero-order valence-corrected chi connectivity index (χ0v) is 12.5. The second-order valence-electron chi connectivity index (χ2n) is 5.31. The summed E-state index contributed by atoms with van der Waals surface area (Å²) in [5.74, 6) is 0.339. The first-order valence-electron chi connectivity index (χ1n) is 6.70. The lowest BCUT2D eigenvalue weighted by Crippen LogP contribution is -2.18. The molecular weight excluding hydrogens is 277 g/mol. The van der Waals surface area contributed by atoms with E-state index in [1.165, 1.54) is 12.1 Å². The van der Waals surface area contributed by atoms with Gasteiger partial charge < -0.3 is 5.32 Å². The van der Waals surface area contributed by atoms with E-state index in [4.69, 9.17) is 11.6 Å². The maximum Gasteiger partial charge on any atom is 0.123 e. The molecule has 0 aliphatic heterocycles. The maximum atomic E-state index is 13.2. The minimum absolute atomic E-state index is 0.282. The summed E-state index contributed by atoms with van der Waals surface area (Å²) in [6.07, 6.45) is 3.77. The summed E-state index contributed by atoms with van der Waals surface area (Å²) < 4.78 is 15.0. The Morgan fingerprint density at radius 3 is 2.95 bits per heavy atom. The third-order valence-corrected chi connectivity index (χ3v) is 3.28. The van der Waals surface area contributed by atoms with Gasteiger partial charge in [0.05, 0.1) is 12.7 Å². The molecule has 0 saturated carbocycles. The summed E-state index contributed by atoms with van der Waals surface area (Å²) in [4.78, 5) is 0. The molecule has 1 heterocycles. The third-order valence-electron chi connectivity index (χ3n) is 2.91. The monoisotopic (exact) mass is 295 g/mol. The molecule has 1 aromatic carbocycles. The highest BCUT2D eigenvalue weighted by molar-refractivity contribution is 6.31. The van der Waals surface area contributed by atoms with Crippen LogP contribution in [0.4, 0.5) is 4.39 Å². The van der Waals surface area contributed by atoms with Crippen LogP contribution in [0.5, 0.6) is 0 Å². The molecule has 3 nitrogen and oxygen atoms in total. The van der Waals surface area contributed by atoms with Crippen LogP contribution in [0.2, 0.25) is 5.02 Å². The number of halogens is 2. The molecule has 0 unspecified atom stereocenters. The van der Waals surface area contributed by atoms with Gasteiger partial charge in [0.15, 0.2) is 0 Å². The van der Waals surface area contributed by atoms with Crippen LogP contribution in [-0.4, -0.2) is 16.3 Å². The molecule has 20 heavy (non-hydrogen) atoms. The van der Waals surface area contributed by atoms with E-state index in [-0.39, 0.29) is 5.82 Å². The Labute approximate surface area is 123 Å². The summed E-state index contributed by atoms with van der Waals surface area (Å²) in [7, 11) is 0. The van der Waals surface area contributed by atoms with E-state index in [0.29, 0.717) is 17.5 Å². The fourth-order valence-electron chi connectivity index (χ4n) is 1.93. The molecule has 0 spiro atoms. The number of hydrogen-bond donors (Lipinski definition) is 1. The summed E-state index contributed by atoms with van der Waals surface area (Å²) in [5.41, 5.74) is 1.84. The van der Waals surface area contributed by atoms with E-state index in [9.17, 15) is 4.39 Å². The normalized spacial score (nSPS) is 11.2. The van der Waals surface area contributed by atoms with Crippen molar-refractivity contribution in [1.82, 2.24) is 15.1 Å². The second kappa shape index (κ2) is 6.86. The fourth-order valence-corrected chi connectivity index (χ4v) is 2.11. The topological polar surface area (TPSA) is 29.9 Å². The van der Waals surface area contributed by atoms with Gasteiger partial charge in [-0.25, -0.2) is 4.39 Å². The first-order valence-corrected chi connectivity index (χ1v) is 7.08. The highest BCUT2D eigenvalue weighted by Gasteiger charge is 2.05. The Morgan fingerprint density at radius 1 is 1.40 bits per heavy atom. The van der Waals surface area contributed by atoms with Crippen molar-refractivity contribution in [2.24, 2.45) is 5.92 Å². The van der Waals surface area contributed by atoms with Gasteiger partial charge in [-0.05, 0) is 36.2 Å². The summed E-state index contributed by atoms with van der Waals surface area (Å²) in [6.45, 7) is 6.57. The van der Waals surface area contributed by atoms with Crippen molar-refractivity contribution in [3.05, 3.63) is 52.6 Å². The number of nitrogens with zero attached hydrogens (tertiary/aromatic N) is 2. The Hall–Kier alpha value is -1.39. The van der Waals surface area contributed by atoms with Gasteiger partial charge >= 0.3 is 0 Å². The molecular formula is C15H19ClFN3. The molecule has 0 fully saturated rings. The van der Waals surface area contributed by atoms with Crippen LogP contribution in [0.25, 0.3) is 0 Å². The Morgan fingerprint density at radius 2 is 2.20 bits per heavy atom. The molecule has 5 heteroatoms. The smallest absolute Gasteiger partial charge is 0.123 e. The third kappa shape index (κ3) is 4.32. The average molecular weight is 296 g/mol. The van der Waals surface area contributed by atoms with Crippen LogP contribution in [0.15, 0.2) is 30.6 Å². The lowest BCUT2D eigenvalue weighted by Gasteiger charge is -2.06. The van der Waals surface area contributed by atoms with Crippen LogP contribution in [0, 0.1) is 11.7 Å². The quantitative estimate of drug-likeness (QED) is 0.884. The van der Waals surface area contributed by atoms with Crippen molar-refractivity contribution < 1.29 is 4.39 Å². The predicted octanol–water partition coefficient (Wildman–Crippen LogP) is 3.47. The molecule has 0 bridgehead atoms. The molecule has 1 aromatic heterocycles. The van der Waals surface area contributed by atoms with E-state index in [1.807, 2.05) is 12.4 Å². The van der Waals surface area contributed by atoms with Gasteiger partial charge in [0.1, 0.15) is 5.82 Å². The number of aromatic nitrogens is 2. The van der Waals surface area contributed by atoms with Crippen molar-refractivity contribution in [2.75, 3.05) is 6.54 Å². The van der Waals surface area contributed by atoms with Gasteiger partial charge in [-0.1, -0.05) is 25.4 Å². The zero-order chi connectivity index (χ0) is 14.5.